The number of benzene rings is 1. The van der Waals surface area contributed by atoms with Gasteiger partial charge in [0.1, 0.15) is 17.5 Å². The van der Waals surface area contributed by atoms with Gasteiger partial charge in [-0.15, -0.1) is 0 Å². The van der Waals surface area contributed by atoms with Crippen LogP contribution in [0.25, 0.3) is 0 Å². The molecule has 7 heteroatoms. The number of hydrogen-bond acceptors (Lipinski definition) is 6. The van der Waals surface area contributed by atoms with Crippen molar-refractivity contribution in [2.45, 2.75) is 44.9 Å². The second-order valence-electron chi connectivity index (χ2n) is 7.21. The average molecular weight is 374 g/mol. The molecule has 5 N–H and O–H groups in total. The Morgan fingerprint density at radius 3 is 2.59 bits per heavy atom. The Morgan fingerprint density at radius 2 is 1.93 bits per heavy atom. The van der Waals surface area contributed by atoms with Crippen LogP contribution in [0.5, 0.6) is 5.75 Å². The van der Waals surface area contributed by atoms with E-state index >= 15 is 0 Å². The van der Waals surface area contributed by atoms with Crippen LogP contribution in [-0.2, 0) is 24.2 Å². The van der Waals surface area contributed by atoms with Crippen molar-refractivity contribution >= 4 is 5.97 Å². The first-order chi connectivity index (χ1) is 12.7. The summed E-state index contributed by atoms with van der Waals surface area (Å²) in [5.41, 5.74) is 1.90. The summed E-state index contributed by atoms with van der Waals surface area (Å²) in [6.07, 6.45) is -0.258. The van der Waals surface area contributed by atoms with Gasteiger partial charge in [0.05, 0.1) is 18.7 Å². The van der Waals surface area contributed by atoms with E-state index in [-0.39, 0.29) is 29.9 Å². The van der Waals surface area contributed by atoms with Crippen LogP contribution in [0.15, 0.2) is 36.4 Å². The zero-order valence-electron chi connectivity index (χ0n) is 15.5. The fourth-order valence-corrected chi connectivity index (χ4v) is 2.89. The molecule has 27 heavy (non-hydrogen) atoms. The van der Waals surface area contributed by atoms with Crippen LogP contribution < -0.4 is 5.32 Å². The van der Waals surface area contributed by atoms with Crippen LogP contribution in [0.2, 0.25) is 0 Å². The highest BCUT2D eigenvalue weighted by molar-refractivity contribution is 5.70. The zero-order valence-corrected chi connectivity index (χ0v) is 15.5. The molecule has 1 aromatic heterocycles. The van der Waals surface area contributed by atoms with Gasteiger partial charge in [-0.1, -0.05) is 24.3 Å². The van der Waals surface area contributed by atoms with E-state index < -0.39 is 18.7 Å². The van der Waals surface area contributed by atoms with Crippen molar-refractivity contribution < 1.29 is 25.2 Å². The summed E-state index contributed by atoms with van der Waals surface area (Å²) in [5, 5.41) is 41.3. The molecule has 0 saturated heterocycles. The van der Waals surface area contributed by atoms with E-state index in [1.54, 1.807) is 6.07 Å². The molecule has 0 aliphatic carbocycles. The van der Waals surface area contributed by atoms with Crippen LogP contribution in [0, 0.1) is 0 Å². The standard InChI is InChI=1S/C20H26N2O5/c1-20(2,10-14-5-3-4-13(8-14)9-19(26)27)21-11-18(25)15-6-7-17(24)16(12-23)22-15/h3-8,18,21,23-25H,9-12H2,1-2H3,(H,26,27). The summed E-state index contributed by atoms with van der Waals surface area (Å²) in [5.74, 6) is -0.973. The molecule has 146 valence electrons. The van der Waals surface area contributed by atoms with Crippen LogP contribution in [0.4, 0.5) is 0 Å². The van der Waals surface area contributed by atoms with E-state index in [0.29, 0.717) is 12.1 Å². The maximum atomic E-state index is 10.9. The van der Waals surface area contributed by atoms with Crippen LogP contribution in [0.3, 0.4) is 0 Å². The number of pyridine rings is 1. The number of carboxylic acids is 1. The Balaban J connectivity index is 1.98. The van der Waals surface area contributed by atoms with Crippen molar-refractivity contribution in [1.82, 2.24) is 10.3 Å². The third kappa shape index (κ3) is 6.32. The maximum absolute atomic E-state index is 10.9. The normalized spacial score (nSPS) is 12.7. The average Bonchev–Trinajstić information content (AvgIpc) is 2.59. The number of aliphatic hydroxyl groups is 2. The van der Waals surface area contributed by atoms with Gasteiger partial charge in [-0.3, -0.25) is 4.79 Å². The van der Waals surface area contributed by atoms with Gasteiger partial charge in [0.2, 0.25) is 0 Å². The first-order valence-electron chi connectivity index (χ1n) is 8.72. The highest BCUT2D eigenvalue weighted by Crippen LogP contribution is 2.20. The van der Waals surface area contributed by atoms with Crippen molar-refractivity contribution in [3.05, 3.63) is 58.9 Å². The summed E-state index contributed by atoms with van der Waals surface area (Å²) in [7, 11) is 0. The van der Waals surface area contributed by atoms with Gasteiger partial charge < -0.3 is 25.7 Å². The topological polar surface area (TPSA) is 123 Å². The predicted molar refractivity (Wildman–Crippen MR) is 100 cm³/mol. The zero-order chi connectivity index (χ0) is 20.0. The highest BCUT2D eigenvalue weighted by Gasteiger charge is 2.21. The van der Waals surface area contributed by atoms with Crippen molar-refractivity contribution in [2.75, 3.05) is 6.54 Å². The summed E-state index contributed by atoms with van der Waals surface area (Å²) in [4.78, 5) is 14.9. The van der Waals surface area contributed by atoms with E-state index in [2.05, 4.69) is 10.3 Å². The number of aromatic hydroxyl groups is 1. The van der Waals surface area contributed by atoms with Crippen molar-refractivity contribution in [2.24, 2.45) is 0 Å². The van der Waals surface area contributed by atoms with Crippen molar-refractivity contribution in [3.8, 4) is 5.75 Å². The van der Waals surface area contributed by atoms with Crippen LogP contribution in [-0.4, -0.2) is 43.5 Å². The lowest BCUT2D eigenvalue weighted by molar-refractivity contribution is -0.136. The lowest BCUT2D eigenvalue weighted by atomic mass is 9.93. The van der Waals surface area contributed by atoms with Gasteiger partial charge in [0, 0.05) is 12.1 Å². The van der Waals surface area contributed by atoms with Gasteiger partial charge in [-0.25, -0.2) is 4.98 Å². The summed E-state index contributed by atoms with van der Waals surface area (Å²) in [6.45, 7) is 3.82. The molecule has 1 heterocycles. The number of nitrogens with one attached hydrogen (secondary N) is 1. The van der Waals surface area contributed by atoms with Gasteiger partial charge in [0.15, 0.2) is 0 Å². The Labute approximate surface area is 158 Å². The van der Waals surface area contributed by atoms with Gasteiger partial charge in [-0.05, 0) is 43.5 Å². The molecule has 0 aliphatic rings. The number of carboxylic acid groups (broad SMARTS) is 1. The summed E-state index contributed by atoms with van der Waals surface area (Å²) in [6, 6.07) is 10.4. The predicted octanol–water partition coefficient (Wildman–Crippen LogP) is 1.55. The fourth-order valence-electron chi connectivity index (χ4n) is 2.89. The minimum Gasteiger partial charge on any atom is -0.506 e. The number of rotatable bonds is 9. The molecule has 0 spiro atoms. The number of hydrogen-bond donors (Lipinski definition) is 5. The molecule has 1 atom stereocenters. The van der Waals surface area contributed by atoms with Gasteiger partial charge in [-0.2, -0.15) is 0 Å². The molecule has 7 nitrogen and oxygen atoms in total. The molecule has 1 aromatic carbocycles. The number of aliphatic hydroxyl groups excluding tert-OH is 2. The third-order valence-corrected chi connectivity index (χ3v) is 4.23. The monoisotopic (exact) mass is 374 g/mol. The molecular weight excluding hydrogens is 348 g/mol. The molecule has 2 rings (SSSR count). The van der Waals surface area contributed by atoms with E-state index in [1.165, 1.54) is 12.1 Å². The molecule has 0 saturated carbocycles. The summed E-state index contributed by atoms with van der Waals surface area (Å²) < 4.78 is 0. The van der Waals surface area contributed by atoms with Gasteiger partial charge in [0.25, 0.3) is 0 Å². The molecule has 0 fully saturated rings. The molecule has 0 amide bonds. The number of carbonyl (C=O) groups is 1. The first-order valence-corrected chi connectivity index (χ1v) is 8.72. The maximum Gasteiger partial charge on any atom is 0.307 e. The fraction of sp³-hybridized carbons (Fsp3) is 0.400. The molecular formula is C20H26N2O5. The Bertz CT molecular complexity index is 792. The summed E-state index contributed by atoms with van der Waals surface area (Å²) >= 11 is 0. The van der Waals surface area contributed by atoms with Gasteiger partial charge >= 0.3 is 5.97 Å². The number of β-amino-alcohol motifs (C(OH)–C–C–N with tert-alkyl or cyclic N) is 1. The second-order valence-corrected chi connectivity index (χ2v) is 7.21. The Morgan fingerprint density at radius 1 is 1.22 bits per heavy atom. The molecule has 0 radical (unpaired) electrons. The van der Waals surface area contributed by atoms with E-state index in [4.69, 9.17) is 10.2 Å². The smallest absolute Gasteiger partial charge is 0.307 e. The van der Waals surface area contributed by atoms with Crippen molar-refractivity contribution in [3.63, 3.8) is 0 Å². The van der Waals surface area contributed by atoms with E-state index in [9.17, 15) is 15.0 Å². The minimum absolute atomic E-state index is 0.0138. The second kappa shape index (κ2) is 8.94. The molecule has 1 unspecified atom stereocenters. The highest BCUT2D eigenvalue weighted by atomic mass is 16.4. The Hall–Kier alpha value is -2.48. The molecule has 0 aliphatic heterocycles. The lowest BCUT2D eigenvalue weighted by Crippen LogP contribution is -2.43. The number of nitrogens with zero attached hydrogens (tertiary/aromatic N) is 1. The van der Waals surface area contributed by atoms with Crippen LogP contribution >= 0.6 is 0 Å². The minimum atomic E-state index is -0.895. The first kappa shape index (κ1) is 20.8. The Kier molecular flexibility index (Phi) is 6.90. The van der Waals surface area contributed by atoms with E-state index in [1.807, 2.05) is 32.0 Å². The SMILES string of the molecule is CC(C)(Cc1cccc(CC(=O)O)c1)NCC(O)c1ccc(O)c(CO)n1. The third-order valence-electron chi connectivity index (χ3n) is 4.23. The number of aromatic nitrogens is 1. The van der Waals surface area contributed by atoms with Crippen LogP contribution in [0.1, 0.15) is 42.5 Å². The quantitative estimate of drug-likeness (QED) is 0.451. The van der Waals surface area contributed by atoms with E-state index in [0.717, 1.165) is 11.1 Å². The molecule has 0 bridgehead atoms. The van der Waals surface area contributed by atoms with Crippen molar-refractivity contribution in [1.29, 1.82) is 0 Å². The largest absolute Gasteiger partial charge is 0.506 e. The lowest BCUT2D eigenvalue weighted by Gasteiger charge is -2.28. The number of aliphatic carboxylic acids is 1. The molecule has 2 aromatic rings.